The van der Waals surface area contributed by atoms with Crippen LogP contribution in [0.2, 0.25) is 0 Å². The molecule has 0 aromatic carbocycles. The standard InChI is InChI=1S/C12H22N2O3/c1-7-5-6-14(8(7)11(16)17)10(15)9(13)12(2,3)4/h7-9H,5-6,13H2,1-4H3,(H,16,17)/t7?,8?,9-/m1/s1. The average Bonchev–Trinajstić information content (AvgIpc) is 2.56. The zero-order valence-electron chi connectivity index (χ0n) is 10.9. The van der Waals surface area contributed by atoms with Gasteiger partial charge >= 0.3 is 5.97 Å². The van der Waals surface area contributed by atoms with Crippen LogP contribution >= 0.6 is 0 Å². The first-order valence-electron chi connectivity index (χ1n) is 5.95. The predicted octanol–water partition coefficient (Wildman–Crippen LogP) is 0.681. The van der Waals surface area contributed by atoms with Crippen LogP contribution in [-0.2, 0) is 9.59 Å². The van der Waals surface area contributed by atoms with Crippen LogP contribution in [-0.4, -0.2) is 40.5 Å². The number of amides is 1. The van der Waals surface area contributed by atoms with E-state index in [2.05, 4.69) is 0 Å². The average molecular weight is 242 g/mol. The Kier molecular flexibility index (Phi) is 3.81. The van der Waals surface area contributed by atoms with Gasteiger partial charge in [0.15, 0.2) is 0 Å². The van der Waals surface area contributed by atoms with Gasteiger partial charge < -0.3 is 15.7 Å². The van der Waals surface area contributed by atoms with Gasteiger partial charge in [-0.05, 0) is 17.8 Å². The number of carboxylic acids is 1. The summed E-state index contributed by atoms with van der Waals surface area (Å²) in [6.07, 6.45) is 0.722. The molecule has 17 heavy (non-hydrogen) atoms. The van der Waals surface area contributed by atoms with E-state index in [0.717, 1.165) is 6.42 Å². The number of nitrogens with zero attached hydrogens (tertiary/aromatic N) is 1. The van der Waals surface area contributed by atoms with E-state index in [1.54, 1.807) is 0 Å². The Morgan fingerprint density at radius 1 is 1.41 bits per heavy atom. The fourth-order valence-electron chi connectivity index (χ4n) is 2.12. The number of rotatable bonds is 2. The molecule has 1 aliphatic heterocycles. The molecule has 0 aromatic heterocycles. The second-order valence-electron chi connectivity index (χ2n) is 5.92. The summed E-state index contributed by atoms with van der Waals surface area (Å²) in [5.74, 6) is -1.21. The minimum atomic E-state index is -0.940. The number of carboxylic acid groups (broad SMARTS) is 1. The fourth-order valence-corrected chi connectivity index (χ4v) is 2.12. The molecule has 3 atom stereocenters. The highest BCUT2D eigenvalue weighted by molar-refractivity contribution is 5.88. The van der Waals surface area contributed by atoms with Crippen LogP contribution in [0.1, 0.15) is 34.1 Å². The van der Waals surface area contributed by atoms with E-state index in [4.69, 9.17) is 10.8 Å². The van der Waals surface area contributed by atoms with E-state index in [9.17, 15) is 9.59 Å². The quantitative estimate of drug-likeness (QED) is 0.746. The summed E-state index contributed by atoms with van der Waals surface area (Å²) in [5, 5.41) is 9.15. The first kappa shape index (κ1) is 14.0. The highest BCUT2D eigenvalue weighted by Gasteiger charge is 2.42. The minimum Gasteiger partial charge on any atom is -0.480 e. The third-order valence-corrected chi connectivity index (χ3v) is 3.44. The number of hydrogen-bond acceptors (Lipinski definition) is 3. The molecule has 0 bridgehead atoms. The molecule has 5 heteroatoms. The van der Waals surface area contributed by atoms with E-state index in [1.807, 2.05) is 27.7 Å². The van der Waals surface area contributed by atoms with Gasteiger partial charge in [-0.25, -0.2) is 4.79 Å². The van der Waals surface area contributed by atoms with E-state index >= 15 is 0 Å². The zero-order valence-corrected chi connectivity index (χ0v) is 10.9. The summed E-state index contributed by atoms with van der Waals surface area (Å²) >= 11 is 0. The molecule has 98 valence electrons. The van der Waals surface area contributed by atoms with Crippen LogP contribution in [0.4, 0.5) is 0 Å². The number of aliphatic carboxylic acids is 1. The molecule has 1 aliphatic rings. The summed E-state index contributed by atoms with van der Waals surface area (Å²) in [6, 6.07) is -1.38. The molecule has 0 aromatic rings. The second kappa shape index (κ2) is 4.64. The maximum Gasteiger partial charge on any atom is 0.326 e. The SMILES string of the molecule is CC1CCN(C(=O)[C@@H](N)C(C)(C)C)C1C(=O)O. The smallest absolute Gasteiger partial charge is 0.326 e. The van der Waals surface area contributed by atoms with Crippen molar-refractivity contribution in [3.63, 3.8) is 0 Å². The van der Waals surface area contributed by atoms with Gasteiger partial charge in [0.05, 0.1) is 6.04 Å². The first-order chi connectivity index (χ1) is 7.66. The Labute approximate surface area is 102 Å². The number of nitrogens with two attached hydrogens (primary N) is 1. The summed E-state index contributed by atoms with van der Waals surface area (Å²) in [5.41, 5.74) is 5.54. The lowest BCUT2D eigenvalue weighted by Crippen LogP contribution is -2.54. The predicted molar refractivity (Wildman–Crippen MR) is 64.3 cm³/mol. The molecule has 5 nitrogen and oxygen atoms in total. The lowest BCUT2D eigenvalue weighted by Gasteiger charge is -2.32. The van der Waals surface area contributed by atoms with E-state index < -0.39 is 18.1 Å². The van der Waals surface area contributed by atoms with Crippen LogP contribution in [0.3, 0.4) is 0 Å². The van der Waals surface area contributed by atoms with E-state index in [-0.39, 0.29) is 17.2 Å². The molecule has 1 saturated heterocycles. The van der Waals surface area contributed by atoms with Gasteiger partial charge in [0, 0.05) is 6.54 Å². The van der Waals surface area contributed by atoms with Crippen molar-refractivity contribution < 1.29 is 14.7 Å². The number of carbonyl (C=O) groups excluding carboxylic acids is 1. The van der Waals surface area contributed by atoms with Crippen molar-refractivity contribution in [3.8, 4) is 0 Å². The minimum absolute atomic E-state index is 0.0105. The van der Waals surface area contributed by atoms with Gasteiger partial charge in [0.1, 0.15) is 6.04 Å². The van der Waals surface area contributed by atoms with Gasteiger partial charge in [0.2, 0.25) is 5.91 Å². The maximum atomic E-state index is 12.2. The van der Waals surface area contributed by atoms with Crippen molar-refractivity contribution in [1.82, 2.24) is 4.90 Å². The third-order valence-electron chi connectivity index (χ3n) is 3.44. The van der Waals surface area contributed by atoms with Gasteiger partial charge in [-0.15, -0.1) is 0 Å². The van der Waals surface area contributed by atoms with Crippen molar-refractivity contribution in [2.24, 2.45) is 17.1 Å². The highest BCUT2D eigenvalue weighted by atomic mass is 16.4. The Hall–Kier alpha value is -1.10. The highest BCUT2D eigenvalue weighted by Crippen LogP contribution is 2.27. The van der Waals surface area contributed by atoms with Crippen LogP contribution in [0.5, 0.6) is 0 Å². The van der Waals surface area contributed by atoms with Crippen LogP contribution in [0, 0.1) is 11.3 Å². The maximum absolute atomic E-state index is 12.2. The molecule has 3 N–H and O–H groups in total. The Balaban J connectivity index is 2.86. The fraction of sp³-hybridized carbons (Fsp3) is 0.833. The van der Waals surface area contributed by atoms with Gasteiger partial charge in [-0.1, -0.05) is 27.7 Å². The first-order valence-corrected chi connectivity index (χ1v) is 5.95. The Bertz CT molecular complexity index is 322. The monoisotopic (exact) mass is 242 g/mol. The molecule has 0 spiro atoms. The van der Waals surface area contributed by atoms with E-state index in [0.29, 0.717) is 6.54 Å². The van der Waals surface area contributed by atoms with Crippen molar-refractivity contribution in [1.29, 1.82) is 0 Å². The summed E-state index contributed by atoms with van der Waals surface area (Å²) < 4.78 is 0. The van der Waals surface area contributed by atoms with Gasteiger partial charge in [0.25, 0.3) is 0 Å². The molecular weight excluding hydrogens is 220 g/mol. The van der Waals surface area contributed by atoms with Crippen molar-refractivity contribution in [3.05, 3.63) is 0 Å². The molecular formula is C12H22N2O3. The molecule has 1 fully saturated rings. The van der Waals surface area contributed by atoms with Crippen molar-refractivity contribution in [2.75, 3.05) is 6.54 Å². The Morgan fingerprint density at radius 2 is 1.94 bits per heavy atom. The van der Waals surface area contributed by atoms with Crippen LogP contribution in [0.25, 0.3) is 0 Å². The lowest BCUT2D eigenvalue weighted by atomic mass is 9.86. The molecule has 2 unspecified atom stereocenters. The number of likely N-dealkylation sites (tertiary alicyclic amines) is 1. The van der Waals surface area contributed by atoms with Crippen molar-refractivity contribution in [2.45, 2.75) is 46.2 Å². The molecule has 0 aliphatic carbocycles. The third kappa shape index (κ3) is 2.77. The zero-order chi connectivity index (χ0) is 13.4. The summed E-state index contributed by atoms with van der Waals surface area (Å²) in [7, 11) is 0. The second-order valence-corrected chi connectivity index (χ2v) is 5.92. The van der Waals surface area contributed by atoms with Crippen LogP contribution in [0.15, 0.2) is 0 Å². The van der Waals surface area contributed by atoms with Gasteiger partial charge in [-0.3, -0.25) is 4.79 Å². The molecule has 0 saturated carbocycles. The Morgan fingerprint density at radius 3 is 2.35 bits per heavy atom. The molecule has 1 rings (SSSR count). The summed E-state index contributed by atoms with van der Waals surface area (Å²) in [6.45, 7) is 7.98. The molecule has 1 amide bonds. The lowest BCUT2D eigenvalue weighted by molar-refractivity contribution is -0.150. The summed E-state index contributed by atoms with van der Waals surface area (Å²) in [4.78, 5) is 24.8. The number of hydrogen-bond donors (Lipinski definition) is 2. The largest absolute Gasteiger partial charge is 0.480 e. The number of carbonyl (C=O) groups is 2. The molecule has 1 heterocycles. The van der Waals surface area contributed by atoms with Crippen molar-refractivity contribution >= 4 is 11.9 Å². The van der Waals surface area contributed by atoms with E-state index in [1.165, 1.54) is 4.90 Å². The normalized spacial score (nSPS) is 27.0. The topological polar surface area (TPSA) is 83.6 Å². The van der Waals surface area contributed by atoms with Gasteiger partial charge in [-0.2, -0.15) is 0 Å². The van der Waals surface area contributed by atoms with Crippen LogP contribution < -0.4 is 5.73 Å². The molecule has 0 radical (unpaired) electrons.